The van der Waals surface area contributed by atoms with Gasteiger partial charge in [0, 0.05) is 10.0 Å². The van der Waals surface area contributed by atoms with Gasteiger partial charge in [-0.1, -0.05) is 23.2 Å². The Balaban J connectivity index is 0.00000128. The number of benzene rings is 2. The number of rotatable bonds is 2. The molecule has 0 unspecified atom stereocenters. The molecule has 0 fully saturated rings. The SMILES string of the molecule is Cl.Clc1ccc(Oc2ccc(Cl)cc2)cc1. The second-order valence-corrected chi connectivity index (χ2v) is 3.88. The number of hydrogen-bond acceptors (Lipinski definition) is 1. The molecule has 0 heterocycles. The van der Waals surface area contributed by atoms with E-state index in [4.69, 9.17) is 27.9 Å². The number of ether oxygens (including phenoxy) is 1. The first kappa shape index (κ1) is 13.2. The first-order chi connectivity index (χ1) is 7.24. The molecule has 4 heteroatoms. The number of halogens is 3. The fraction of sp³-hybridized carbons (Fsp3) is 0. The van der Waals surface area contributed by atoms with Crippen LogP contribution in [0.2, 0.25) is 10.0 Å². The molecular weight excluding hydrogens is 266 g/mol. The lowest BCUT2D eigenvalue weighted by molar-refractivity contribution is 0.483. The second kappa shape index (κ2) is 6.00. The summed E-state index contributed by atoms with van der Waals surface area (Å²) in [7, 11) is 0. The quantitative estimate of drug-likeness (QED) is 0.731. The van der Waals surface area contributed by atoms with Crippen molar-refractivity contribution in [2.75, 3.05) is 0 Å². The van der Waals surface area contributed by atoms with E-state index in [0.29, 0.717) is 10.0 Å². The van der Waals surface area contributed by atoms with Crippen molar-refractivity contribution in [1.29, 1.82) is 0 Å². The van der Waals surface area contributed by atoms with Crippen LogP contribution in [-0.4, -0.2) is 0 Å². The van der Waals surface area contributed by atoms with Crippen molar-refractivity contribution in [3.8, 4) is 11.5 Å². The van der Waals surface area contributed by atoms with Gasteiger partial charge in [0.15, 0.2) is 0 Å². The third-order valence-corrected chi connectivity index (χ3v) is 2.37. The zero-order valence-electron chi connectivity index (χ0n) is 8.19. The third kappa shape index (κ3) is 3.60. The Morgan fingerprint density at radius 1 is 0.625 bits per heavy atom. The van der Waals surface area contributed by atoms with Gasteiger partial charge in [0.05, 0.1) is 0 Å². The van der Waals surface area contributed by atoms with Gasteiger partial charge in [-0.05, 0) is 48.5 Å². The van der Waals surface area contributed by atoms with Crippen LogP contribution in [0.4, 0.5) is 0 Å². The van der Waals surface area contributed by atoms with E-state index >= 15 is 0 Å². The molecule has 0 aliphatic carbocycles. The molecule has 84 valence electrons. The summed E-state index contributed by atoms with van der Waals surface area (Å²) in [6.07, 6.45) is 0. The highest BCUT2D eigenvalue weighted by atomic mass is 35.5. The van der Waals surface area contributed by atoms with E-state index in [1.165, 1.54) is 0 Å². The average Bonchev–Trinajstić information content (AvgIpc) is 2.25. The first-order valence-electron chi connectivity index (χ1n) is 4.43. The Bertz CT molecular complexity index is 393. The molecule has 0 spiro atoms. The van der Waals surface area contributed by atoms with E-state index in [9.17, 15) is 0 Å². The monoisotopic (exact) mass is 274 g/mol. The van der Waals surface area contributed by atoms with E-state index in [1.807, 2.05) is 24.3 Å². The van der Waals surface area contributed by atoms with Crippen molar-refractivity contribution in [2.24, 2.45) is 0 Å². The van der Waals surface area contributed by atoms with Crippen molar-refractivity contribution in [1.82, 2.24) is 0 Å². The Morgan fingerprint density at radius 3 is 1.25 bits per heavy atom. The maximum absolute atomic E-state index is 5.76. The summed E-state index contributed by atoms with van der Waals surface area (Å²) in [5.41, 5.74) is 0. The predicted molar refractivity (Wildman–Crippen MR) is 70.2 cm³/mol. The van der Waals surface area contributed by atoms with Crippen molar-refractivity contribution < 1.29 is 4.74 Å². The highest BCUT2D eigenvalue weighted by Crippen LogP contribution is 2.24. The summed E-state index contributed by atoms with van der Waals surface area (Å²) in [6.45, 7) is 0. The second-order valence-electron chi connectivity index (χ2n) is 3.01. The molecule has 0 atom stereocenters. The molecule has 16 heavy (non-hydrogen) atoms. The minimum atomic E-state index is 0. The molecule has 0 aromatic heterocycles. The maximum Gasteiger partial charge on any atom is 0.127 e. The van der Waals surface area contributed by atoms with Gasteiger partial charge in [-0.15, -0.1) is 12.4 Å². The molecule has 0 saturated heterocycles. The summed E-state index contributed by atoms with van der Waals surface area (Å²) in [6, 6.07) is 14.4. The van der Waals surface area contributed by atoms with Gasteiger partial charge in [-0.25, -0.2) is 0 Å². The van der Waals surface area contributed by atoms with Crippen LogP contribution in [0.15, 0.2) is 48.5 Å². The third-order valence-electron chi connectivity index (χ3n) is 1.86. The predicted octanol–water partition coefficient (Wildman–Crippen LogP) is 5.21. The summed E-state index contributed by atoms with van der Waals surface area (Å²) in [5.74, 6) is 1.50. The molecule has 0 bridgehead atoms. The minimum absolute atomic E-state index is 0. The Labute approximate surface area is 110 Å². The van der Waals surface area contributed by atoms with Gasteiger partial charge >= 0.3 is 0 Å². The molecule has 0 aliphatic heterocycles. The van der Waals surface area contributed by atoms with Crippen molar-refractivity contribution >= 4 is 35.6 Å². The van der Waals surface area contributed by atoms with E-state index < -0.39 is 0 Å². The minimum Gasteiger partial charge on any atom is -0.457 e. The highest BCUT2D eigenvalue weighted by Gasteiger charge is 1.96. The molecule has 0 saturated carbocycles. The lowest BCUT2D eigenvalue weighted by Crippen LogP contribution is -1.82. The van der Waals surface area contributed by atoms with Crippen LogP contribution >= 0.6 is 35.6 Å². The summed E-state index contributed by atoms with van der Waals surface area (Å²) in [4.78, 5) is 0. The van der Waals surface area contributed by atoms with Crippen LogP contribution in [0.3, 0.4) is 0 Å². The lowest BCUT2D eigenvalue weighted by Gasteiger charge is -2.05. The Morgan fingerprint density at radius 2 is 0.938 bits per heavy atom. The van der Waals surface area contributed by atoms with Crippen LogP contribution in [0.5, 0.6) is 11.5 Å². The molecule has 0 aliphatic rings. The zero-order valence-corrected chi connectivity index (χ0v) is 10.5. The Hall–Kier alpha value is -0.890. The van der Waals surface area contributed by atoms with E-state index in [1.54, 1.807) is 24.3 Å². The molecule has 0 radical (unpaired) electrons. The molecule has 2 aromatic rings. The van der Waals surface area contributed by atoms with Crippen LogP contribution in [0, 0.1) is 0 Å². The largest absolute Gasteiger partial charge is 0.457 e. The molecule has 1 nitrogen and oxygen atoms in total. The average molecular weight is 276 g/mol. The molecular formula is C12H9Cl3O. The number of hydrogen-bond donors (Lipinski definition) is 0. The summed E-state index contributed by atoms with van der Waals surface area (Å²) >= 11 is 11.5. The standard InChI is InChI=1S/C12H8Cl2O.ClH/c13-9-1-5-11(6-2-9)15-12-7-3-10(14)4-8-12;/h1-8H;1H. The van der Waals surface area contributed by atoms with Gasteiger partial charge < -0.3 is 4.74 Å². The van der Waals surface area contributed by atoms with E-state index in [-0.39, 0.29) is 12.4 Å². The first-order valence-corrected chi connectivity index (χ1v) is 5.18. The van der Waals surface area contributed by atoms with E-state index in [0.717, 1.165) is 11.5 Å². The van der Waals surface area contributed by atoms with Crippen molar-refractivity contribution in [2.45, 2.75) is 0 Å². The van der Waals surface area contributed by atoms with Crippen molar-refractivity contribution in [3.63, 3.8) is 0 Å². The maximum atomic E-state index is 5.76. The summed E-state index contributed by atoms with van der Waals surface area (Å²) in [5, 5.41) is 1.39. The fourth-order valence-corrected chi connectivity index (χ4v) is 1.39. The van der Waals surface area contributed by atoms with Crippen LogP contribution in [-0.2, 0) is 0 Å². The molecule has 0 N–H and O–H groups in total. The van der Waals surface area contributed by atoms with E-state index in [2.05, 4.69) is 0 Å². The summed E-state index contributed by atoms with van der Waals surface area (Å²) < 4.78 is 5.57. The normalized spacial score (nSPS) is 9.38. The molecule has 2 rings (SSSR count). The fourth-order valence-electron chi connectivity index (χ4n) is 1.14. The molecule has 2 aromatic carbocycles. The van der Waals surface area contributed by atoms with Gasteiger partial charge in [-0.3, -0.25) is 0 Å². The highest BCUT2D eigenvalue weighted by molar-refractivity contribution is 6.30. The van der Waals surface area contributed by atoms with Gasteiger partial charge in [0.25, 0.3) is 0 Å². The van der Waals surface area contributed by atoms with Gasteiger partial charge in [-0.2, -0.15) is 0 Å². The van der Waals surface area contributed by atoms with Gasteiger partial charge in [0.1, 0.15) is 11.5 Å². The van der Waals surface area contributed by atoms with Crippen LogP contribution in [0.25, 0.3) is 0 Å². The van der Waals surface area contributed by atoms with Crippen molar-refractivity contribution in [3.05, 3.63) is 58.6 Å². The van der Waals surface area contributed by atoms with Gasteiger partial charge in [0.2, 0.25) is 0 Å². The molecule has 0 amide bonds. The van der Waals surface area contributed by atoms with Crippen LogP contribution < -0.4 is 4.74 Å². The zero-order chi connectivity index (χ0) is 10.7. The van der Waals surface area contributed by atoms with Crippen LogP contribution in [0.1, 0.15) is 0 Å². The smallest absolute Gasteiger partial charge is 0.127 e. The Kier molecular flexibility index (Phi) is 4.94. The lowest BCUT2D eigenvalue weighted by atomic mass is 10.3. The topological polar surface area (TPSA) is 9.23 Å².